The van der Waals surface area contributed by atoms with E-state index in [4.69, 9.17) is 0 Å². The lowest BCUT2D eigenvalue weighted by Gasteiger charge is -2.29. The van der Waals surface area contributed by atoms with Crippen molar-refractivity contribution in [3.8, 4) is 89.0 Å². The molecule has 1 nitrogen and oxygen atoms in total. The van der Waals surface area contributed by atoms with Crippen LogP contribution in [0.3, 0.4) is 0 Å². The molecule has 0 amide bonds. The lowest BCUT2D eigenvalue weighted by atomic mass is 9.84. The minimum atomic E-state index is 1.07. The third-order valence-corrected chi connectivity index (χ3v) is 14.7. The van der Waals surface area contributed by atoms with Crippen molar-refractivity contribution < 1.29 is 0 Å². The van der Waals surface area contributed by atoms with Crippen LogP contribution in [0.4, 0.5) is 17.1 Å². The highest BCUT2D eigenvalue weighted by atomic mass is 15.1. The van der Waals surface area contributed by atoms with Crippen LogP contribution in [0.2, 0.25) is 0 Å². The molecule has 0 N–H and O–H groups in total. The monoisotopic (exact) mass is 953 g/mol. The minimum Gasteiger partial charge on any atom is -0.310 e. The van der Waals surface area contributed by atoms with Crippen molar-refractivity contribution in [3.63, 3.8) is 0 Å². The third-order valence-electron chi connectivity index (χ3n) is 14.7. The Morgan fingerprint density at radius 1 is 0.173 bits per heavy atom. The van der Waals surface area contributed by atoms with Gasteiger partial charge in [-0.15, -0.1) is 0 Å². The number of hydrogen-bond acceptors (Lipinski definition) is 1. The normalized spacial score (nSPS) is 11.2. The van der Waals surface area contributed by atoms with Crippen molar-refractivity contribution in [2.75, 3.05) is 4.90 Å². The molecule has 75 heavy (non-hydrogen) atoms. The van der Waals surface area contributed by atoms with Gasteiger partial charge in [0, 0.05) is 16.9 Å². The topological polar surface area (TPSA) is 3.24 Å². The first-order chi connectivity index (χ1) is 37.2. The summed E-state index contributed by atoms with van der Waals surface area (Å²) in [5.74, 6) is 0. The predicted molar refractivity (Wildman–Crippen MR) is 320 cm³/mol. The molecule has 0 heterocycles. The smallest absolute Gasteiger partial charge is 0.0540 e. The van der Waals surface area contributed by atoms with Gasteiger partial charge in [-0.2, -0.15) is 0 Å². The number of rotatable bonds is 11. The molecule has 0 fully saturated rings. The highest BCUT2D eigenvalue weighted by molar-refractivity contribution is 6.22. The molecule has 0 unspecified atom stereocenters. The first-order valence-electron chi connectivity index (χ1n) is 25.8. The first-order valence-corrected chi connectivity index (χ1v) is 25.8. The molecule has 0 aromatic heterocycles. The van der Waals surface area contributed by atoms with Crippen molar-refractivity contribution in [1.82, 2.24) is 0 Å². The Bertz CT molecular complexity index is 4100. The van der Waals surface area contributed by atoms with Crippen LogP contribution < -0.4 is 4.90 Å². The van der Waals surface area contributed by atoms with Crippen molar-refractivity contribution >= 4 is 38.6 Å². The van der Waals surface area contributed by atoms with Gasteiger partial charge in [-0.3, -0.25) is 0 Å². The molecule has 0 bridgehead atoms. The fourth-order valence-corrected chi connectivity index (χ4v) is 11.1. The minimum absolute atomic E-state index is 1.07. The quantitative estimate of drug-likeness (QED) is 0.117. The molecule has 352 valence electrons. The van der Waals surface area contributed by atoms with Crippen molar-refractivity contribution in [1.29, 1.82) is 0 Å². The second kappa shape index (κ2) is 20.0. The van der Waals surface area contributed by atoms with Crippen molar-refractivity contribution in [3.05, 3.63) is 309 Å². The first kappa shape index (κ1) is 45.1. The molecule has 0 aliphatic rings. The second-order valence-electron chi connectivity index (χ2n) is 19.2. The fourth-order valence-electron chi connectivity index (χ4n) is 11.1. The molecule has 0 saturated heterocycles. The highest BCUT2D eigenvalue weighted by Gasteiger charge is 2.21. The molecule has 0 radical (unpaired) electrons. The van der Waals surface area contributed by atoms with Gasteiger partial charge >= 0.3 is 0 Å². The lowest BCUT2D eigenvalue weighted by molar-refractivity contribution is 1.28. The SMILES string of the molecule is c1ccc(-c2ccc(-c3ccc(N(c4ccc(-c5ccc6c(c5)c(-c5ccccc5)c(-c5ccccc5)c5ccccc56)cc4)c4ccc(-c5ccccc5)cc4-c4ccccc4)cc3)c(-c3ccccc3)c2)cc1. The molecule has 0 atom stereocenters. The van der Waals surface area contributed by atoms with Gasteiger partial charge in [-0.1, -0.05) is 261 Å². The van der Waals surface area contributed by atoms with Gasteiger partial charge < -0.3 is 4.90 Å². The van der Waals surface area contributed by atoms with Crippen LogP contribution in [0.1, 0.15) is 0 Å². The van der Waals surface area contributed by atoms with Gasteiger partial charge in [-0.25, -0.2) is 0 Å². The molecule has 0 saturated carbocycles. The summed E-state index contributed by atoms with van der Waals surface area (Å²) in [4.78, 5) is 2.42. The predicted octanol–water partition coefficient (Wildman–Crippen LogP) is 20.8. The molecule has 13 aromatic rings. The van der Waals surface area contributed by atoms with E-state index < -0.39 is 0 Å². The van der Waals surface area contributed by atoms with Crippen LogP contribution in [0.25, 0.3) is 111 Å². The fraction of sp³-hybridized carbons (Fsp3) is 0. The van der Waals surface area contributed by atoms with Crippen LogP contribution in [0.15, 0.2) is 309 Å². The Morgan fingerprint density at radius 3 is 1.04 bits per heavy atom. The van der Waals surface area contributed by atoms with Crippen LogP contribution >= 0.6 is 0 Å². The second-order valence-corrected chi connectivity index (χ2v) is 19.2. The Labute approximate surface area is 439 Å². The number of fused-ring (bicyclic) bond motifs is 3. The van der Waals surface area contributed by atoms with E-state index in [1.54, 1.807) is 0 Å². The van der Waals surface area contributed by atoms with Crippen LogP contribution in [-0.4, -0.2) is 0 Å². The van der Waals surface area contributed by atoms with Crippen LogP contribution in [0, 0.1) is 0 Å². The summed E-state index contributed by atoms with van der Waals surface area (Å²) in [5.41, 5.74) is 22.3. The maximum absolute atomic E-state index is 2.42. The summed E-state index contributed by atoms with van der Waals surface area (Å²) in [6.07, 6.45) is 0. The maximum atomic E-state index is 2.42. The Kier molecular flexibility index (Phi) is 12.0. The molecule has 13 rings (SSSR count). The molecule has 13 aromatic carbocycles. The number of hydrogen-bond donors (Lipinski definition) is 0. The van der Waals surface area contributed by atoms with E-state index in [1.807, 2.05) is 0 Å². The molecule has 1 heteroatoms. The van der Waals surface area contributed by atoms with E-state index >= 15 is 0 Å². The zero-order valence-electron chi connectivity index (χ0n) is 41.4. The van der Waals surface area contributed by atoms with E-state index in [-0.39, 0.29) is 0 Å². The summed E-state index contributed by atoms with van der Waals surface area (Å²) in [5, 5.41) is 4.99. The van der Waals surface area contributed by atoms with E-state index in [0.717, 1.165) is 39.3 Å². The lowest BCUT2D eigenvalue weighted by Crippen LogP contribution is -2.11. The van der Waals surface area contributed by atoms with Crippen LogP contribution in [0.5, 0.6) is 0 Å². The molecule has 0 aliphatic carbocycles. The Balaban J connectivity index is 0.960. The van der Waals surface area contributed by atoms with Crippen molar-refractivity contribution in [2.24, 2.45) is 0 Å². The van der Waals surface area contributed by atoms with E-state index in [2.05, 4.69) is 314 Å². The standard InChI is InChI=1S/C74H51N/c1-7-21-52(22-8-1)60-39-46-65(69(49-60)55-25-11-3-12-26-55)57-37-44-64(45-38-57)75(72-48-41-62(53-23-9-2-10-24-53)50-70(72)56-27-13-4-14-28-56)63-42-35-54(36-43-63)61-40-47-67-66-33-19-20-34-68(66)73(58-29-15-5-16-30-58)74(71(67)51-61)59-31-17-6-18-32-59/h1-51H. The summed E-state index contributed by atoms with van der Waals surface area (Å²) in [6.45, 7) is 0. The van der Waals surface area contributed by atoms with Gasteiger partial charge in [0.1, 0.15) is 0 Å². The van der Waals surface area contributed by atoms with E-state index in [0.29, 0.717) is 0 Å². The van der Waals surface area contributed by atoms with E-state index in [1.165, 1.54) is 88.3 Å². The number of nitrogens with zero attached hydrogens (tertiary/aromatic N) is 1. The van der Waals surface area contributed by atoms with Gasteiger partial charge in [0.05, 0.1) is 5.69 Å². The van der Waals surface area contributed by atoms with Gasteiger partial charge in [0.2, 0.25) is 0 Å². The highest BCUT2D eigenvalue weighted by Crippen LogP contribution is 2.47. The maximum Gasteiger partial charge on any atom is 0.0540 e. The van der Waals surface area contributed by atoms with Crippen LogP contribution in [-0.2, 0) is 0 Å². The summed E-state index contributed by atoms with van der Waals surface area (Å²) < 4.78 is 0. The van der Waals surface area contributed by atoms with Gasteiger partial charge in [0.15, 0.2) is 0 Å². The van der Waals surface area contributed by atoms with Gasteiger partial charge in [-0.05, 0) is 154 Å². The molecule has 0 spiro atoms. The van der Waals surface area contributed by atoms with E-state index in [9.17, 15) is 0 Å². The summed E-state index contributed by atoms with van der Waals surface area (Å²) in [7, 11) is 0. The summed E-state index contributed by atoms with van der Waals surface area (Å²) in [6, 6.07) is 113. The Morgan fingerprint density at radius 2 is 0.507 bits per heavy atom. The largest absolute Gasteiger partial charge is 0.310 e. The zero-order valence-corrected chi connectivity index (χ0v) is 41.4. The number of anilines is 3. The van der Waals surface area contributed by atoms with Crippen molar-refractivity contribution in [2.45, 2.75) is 0 Å². The Hall–Kier alpha value is -9.82. The molecule has 0 aliphatic heterocycles. The third kappa shape index (κ3) is 8.77. The number of benzene rings is 13. The molecular weight excluding hydrogens is 903 g/mol. The average Bonchev–Trinajstić information content (AvgIpc) is 3.51. The summed E-state index contributed by atoms with van der Waals surface area (Å²) >= 11 is 0. The molecular formula is C74H51N. The van der Waals surface area contributed by atoms with Gasteiger partial charge in [0.25, 0.3) is 0 Å². The zero-order chi connectivity index (χ0) is 49.9. The average molecular weight is 954 g/mol.